The van der Waals surface area contributed by atoms with E-state index in [9.17, 15) is 14.7 Å². The van der Waals surface area contributed by atoms with Gasteiger partial charge in [0.1, 0.15) is 0 Å². The first kappa shape index (κ1) is 16.8. The van der Waals surface area contributed by atoms with Crippen LogP contribution >= 0.6 is 0 Å². The molecule has 0 radical (unpaired) electrons. The number of aryl methyl sites for hydroxylation is 3. The van der Waals surface area contributed by atoms with Crippen LogP contribution in [-0.4, -0.2) is 10.5 Å². The van der Waals surface area contributed by atoms with Crippen LogP contribution in [0.15, 0.2) is 41.2 Å². The van der Waals surface area contributed by atoms with E-state index < -0.39 is 17.3 Å². The zero-order valence-electron chi connectivity index (χ0n) is 14.6. The number of pyridine rings is 1. The topological polar surface area (TPSA) is 74.2 Å². The van der Waals surface area contributed by atoms with Crippen molar-refractivity contribution in [1.82, 2.24) is 4.57 Å². The molecule has 1 N–H and O–H groups in total. The van der Waals surface area contributed by atoms with Crippen LogP contribution in [0.2, 0.25) is 0 Å². The van der Waals surface area contributed by atoms with Gasteiger partial charge in [-0.25, -0.2) is 0 Å². The molecule has 1 aromatic heterocycles. The summed E-state index contributed by atoms with van der Waals surface area (Å²) in [5.74, 6) is -1.10. The third-order valence-corrected chi connectivity index (χ3v) is 4.39. The molecule has 5 nitrogen and oxygen atoms in total. The van der Waals surface area contributed by atoms with Crippen LogP contribution < -0.4 is 16.0 Å². The van der Waals surface area contributed by atoms with Crippen molar-refractivity contribution in [2.24, 2.45) is 7.05 Å². The molecule has 0 spiro atoms. The predicted molar refractivity (Wildman–Crippen MR) is 97.2 cm³/mol. The Kier molecular flexibility index (Phi) is 4.08. The van der Waals surface area contributed by atoms with Gasteiger partial charge in [0.05, 0.1) is 5.56 Å². The van der Waals surface area contributed by atoms with E-state index in [1.165, 1.54) is 7.05 Å². The van der Waals surface area contributed by atoms with Gasteiger partial charge in [-0.15, -0.1) is 0 Å². The number of hydrogen-bond acceptors (Lipinski definition) is 3. The van der Waals surface area contributed by atoms with E-state index in [0.29, 0.717) is 16.5 Å². The highest BCUT2D eigenvalue weighted by atomic mass is 16.3. The van der Waals surface area contributed by atoms with Gasteiger partial charge in [0.2, 0.25) is 0 Å². The number of nitrogens with one attached hydrogen (secondary N) is 1. The molecule has 3 rings (SSSR count). The average Bonchev–Trinajstić information content (AvgIpc) is 2.56. The number of carbonyl (C=O) groups is 1. The van der Waals surface area contributed by atoms with Gasteiger partial charge in [0, 0.05) is 23.5 Å². The molecule has 0 saturated carbocycles. The van der Waals surface area contributed by atoms with Gasteiger partial charge in [-0.05, 0) is 43.8 Å². The molecule has 0 aliphatic carbocycles. The molecule has 0 unspecified atom stereocenters. The molecule has 128 valence electrons. The predicted octanol–water partition coefficient (Wildman–Crippen LogP) is 2.79. The number of rotatable bonds is 2. The maximum atomic E-state index is 12.9. The van der Waals surface area contributed by atoms with Crippen molar-refractivity contribution >= 4 is 22.4 Å². The molecular formula is C20H19N2O3-. The summed E-state index contributed by atoms with van der Waals surface area (Å²) in [5.41, 5.74) is 3.22. The summed E-state index contributed by atoms with van der Waals surface area (Å²) in [4.78, 5) is 25.1. The summed E-state index contributed by atoms with van der Waals surface area (Å²) in [6.45, 7) is 5.81. The Labute approximate surface area is 145 Å². The van der Waals surface area contributed by atoms with Crippen LogP contribution in [0.4, 0.5) is 5.69 Å². The Morgan fingerprint density at radius 3 is 2.20 bits per heavy atom. The Morgan fingerprint density at radius 1 is 1.04 bits per heavy atom. The maximum Gasteiger partial charge on any atom is 0.257 e. The Hall–Kier alpha value is -3.08. The van der Waals surface area contributed by atoms with Gasteiger partial charge in [-0.2, -0.15) is 0 Å². The summed E-state index contributed by atoms with van der Waals surface area (Å²) in [6.07, 6.45) is 0. The standard InChI is InChI=1S/C20H20N2O3/c1-11-9-12(2)17(13(3)10-11)21-18(23)16-14-7-5-6-8-15(14)19(24)22(4)20(16)25/h5-10,25H,1-4H3,(H,21,23)/p-1. The summed E-state index contributed by atoms with van der Waals surface area (Å²) < 4.78 is 0.978. The lowest BCUT2D eigenvalue weighted by Gasteiger charge is -2.21. The molecule has 0 atom stereocenters. The number of hydrogen-bond donors (Lipinski definition) is 1. The van der Waals surface area contributed by atoms with Crippen LogP contribution in [0.5, 0.6) is 5.88 Å². The van der Waals surface area contributed by atoms with Gasteiger partial charge in [0.15, 0.2) is 0 Å². The highest BCUT2D eigenvalue weighted by Gasteiger charge is 2.17. The van der Waals surface area contributed by atoms with Crippen molar-refractivity contribution in [3.63, 3.8) is 0 Å². The van der Waals surface area contributed by atoms with Gasteiger partial charge < -0.3 is 15.0 Å². The quantitative estimate of drug-likeness (QED) is 0.782. The van der Waals surface area contributed by atoms with Crippen LogP contribution in [0.25, 0.3) is 10.8 Å². The summed E-state index contributed by atoms with van der Waals surface area (Å²) in [6, 6.07) is 10.6. The molecule has 0 bridgehead atoms. The number of nitrogens with zero attached hydrogens (tertiary/aromatic N) is 1. The lowest BCUT2D eigenvalue weighted by molar-refractivity contribution is -0.279. The molecule has 3 aromatic rings. The number of fused-ring (bicyclic) bond motifs is 1. The Balaban J connectivity index is 2.18. The van der Waals surface area contributed by atoms with Crippen molar-refractivity contribution < 1.29 is 9.90 Å². The number of amides is 1. The van der Waals surface area contributed by atoms with Gasteiger partial charge in [0.25, 0.3) is 11.5 Å². The average molecular weight is 335 g/mol. The highest BCUT2D eigenvalue weighted by Crippen LogP contribution is 2.26. The zero-order chi connectivity index (χ0) is 18.3. The van der Waals surface area contributed by atoms with Gasteiger partial charge >= 0.3 is 0 Å². The fourth-order valence-corrected chi connectivity index (χ4v) is 3.22. The fourth-order valence-electron chi connectivity index (χ4n) is 3.22. The van der Waals surface area contributed by atoms with E-state index in [0.717, 1.165) is 21.3 Å². The monoisotopic (exact) mass is 335 g/mol. The Bertz CT molecular complexity index is 1040. The first-order valence-electron chi connectivity index (χ1n) is 7.99. The van der Waals surface area contributed by atoms with E-state index >= 15 is 0 Å². The fraction of sp³-hybridized carbons (Fsp3) is 0.200. The number of anilines is 1. The molecule has 2 aromatic carbocycles. The smallest absolute Gasteiger partial charge is 0.257 e. The normalized spacial score (nSPS) is 10.9. The third kappa shape index (κ3) is 2.78. The van der Waals surface area contributed by atoms with Crippen LogP contribution in [0.1, 0.15) is 27.0 Å². The van der Waals surface area contributed by atoms with Crippen LogP contribution in [0, 0.1) is 20.8 Å². The maximum absolute atomic E-state index is 12.9. The van der Waals surface area contributed by atoms with Gasteiger partial charge in [-0.3, -0.25) is 9.59 Å². The lowest BCUT2D eigenvalue weighted by Crippen LogP contribution is -2.26. The zero-order valence-corrected chi connectivity index (χ0v) is 14.6. The third-order valence-electron chi connectivity index (χ3n) is 4.39. The second-order valence-electron chi connectivity index (χ2n) is 6.32. The summed E-state index contributed by atoms with van der Waals surface area (Å²) in [7, 11) is 1.39. The molecule has 5 heteroatoms. The molecule has 1 amide bonds. The van der Waals surface area contributed by atoms with E-state index in [-0.39, 0.29) is 5.56 Å². The van der Waals surface area contributed by atoms with Crippen molar-refractivity contribution in [3.05, 3.63) is 69.0 Å². The summed E-state index contributed by atoms with van der Waals surface area (Å²) in [5, 5.41) is 16.1. The first-order chi connectivity index (χ1) is 11.8. The van der Waals surface area contributed by atoms with Crippen molar-refractivity contribution in [3.8, 4) is 5.88 Å². The minimum absolute atomic E-state index is 0.0166. The van der Waals surface area contributed by atoms with Crippen LogP contribution in [0.3, 0.4) is 0 Å². The SMILES string of the molecule is Cc1cc(C)c(NC(=O)c2c([O-])n(C)c(=O)c3ccccc23)c(C)c1. The van der Waals surface area contributed by atoms with Gasteiger partial charge in [-0.1, -0.05) is 35.9 Å². The molecule has 25 heavy (non-hydrogen) atoms. The Morgan fingerprint density at radius 2 is 1.60 bits per heavy atom. The first-order valence-corrected chi connectivity index (χ1v) is 7.99. The highest BCUT2D eigenvalue weighted by molar-refractivity contribution is 6.14. The summed E-state index contributed by atoms with van der Waals surface area (Å²) >= 11 is 0. The number of aromatic nitrogens is 1. The second kappa shape index (κ2) is 6.09. The number of carbonyl (C=O) groups excluding carboxylic acids is 1. The molecular weight excluding hydrogens is 316 g/mol. The second-order valence-corrected chi connectivity index (χ2v) is 6.32. The lowest BCUT2D eigenvalue weighted by atomic mass is 10.0. The van der Waals surface area contributed by atoms with Crippen molar-refractivity contribution in [2.45, 2.75) is 20.8 Å². The minimum Gasteiger partial charge on any atom is -0.859 e. The molecule has 0 aliphatic heterocycles. The number of benzene rings is 2. The molecule has 0 aliphatic rings. The van der Waals surface area contributed by atoms with E-state index in [1.54, 1.807) is 24.3 Å². The van der Waals surface area contributed by atoms with Crippen LogP contribution in [-0.2, 0) is 7.05 Å². The largest absolute Gasteiger partial charge is 0.859 e. The van der Waals surface area contributed by atoms with E-state index in [4.69, 9.17) is 0 Å². The van der Waals surface area contributed by atoms with E-state index in [2.05, 4.69) is 5.32 Å². The van der Waals surface area contributed by atoms with Crippen molar-refractivity contribution in [2.75, 3.05) is 5.32 Å². The molecule has 1 heterocycles. The molecule has 0 fully saturated rings. The van der Waals surface area contributed by atoms with Crippen molar-refractivity contribution in [1.29, 1.82) is 0 Å². The van der Waals surface area contributed by atoms with E-state index in [1.807, 2.05) is 32.9 Å². The molecule has 0 saturated heterocycles. The minimum atomic E-state index is -0.594.